The van der Waals surface area contributed by atoms with Crippen molar-refractivity contribution in [3.05, 3.63) is 71.4 Å². The van der Waals surface area contributed by atoms with Crippen molar-refractivity contribution in [3.63, 3.8) is 0 Å². The number of benzene rings is 2. The molecule has 0 fully saturated rings. The lowest BCUT2D eigenvalue weighted by Gasteiger charge is -2.30. The van der Waals surface area contributed by atoms with Crippen molar-refractivity contribution in [2.24, 2.45) is 0 Å². The van der Waals surface area contributed by atoms with Gasteiger partial charge in [-0.25, -0.2) is 0 Å². The topological polar surface area (TPSA) is 50.4 Å². The molecular weight excluding hydrogens is 320 g/mol. The summed E-state index contributed by atoms with van der Waals surface area (Å²) in [7, 11) is 0. The molecule has 1 aliphatic heterocycles. The fourth-order valence-electron chi connectivity index (χ4n) is 2.79. The first-order valence-corrected chi connectivity index (χ1v) is 8.07. The van der Waals surface area contributed by atoms with Gasteiger partial charge < -0.3 is 15.4 Å². The van der Waals surface area contributed by atoms with Crippen LogP contribution < -0.4 is 15.4 Å². The molecule has 0 amide bonds. The summed E-state index contributed by atoms with van der Waals surface area (Å²) in [6.45, 7) is 3.43. The fourth-order valence-corrected chi connectivity index (χ4v) is 3.06. The molecule has 0 radical (unpaired) electrons. The molecule has 2 N–H and O–H groups in total. The molecule has 24 heavy (non-hydrogen) atoms. The molecule has 122 valence electrons. The van der Waals surface area contributed by atoms with Gasteiger partial charge in [-0.05, 0) is 55.9 Å². The zero-order valence-electron chi connectivity index (χ0n) is 13.5. The number of hydrogen-bond donors (Lipinski definition) is 2. The monoisotopic (exact) mass is 338 g/mol. The fraction of sp³-hybridized carbons (Fsp3) is 0.158. The number of nitrogens with one attached hydrogen (secondary N) is 2. The highest BCUT2D eigenvalue weighted by Crippen LogP contribution is 2.30. The van der Waals surface area contributed by atoms with Crippen LogP contribution in [0.2, 0.25) is 0 Å². The zero-order chi connectivity index (χ0) is 17.1. The van der Waals surface area contributed by atoms with E-state index in [1.54, 1.807) is 6.92 Å². The second-order valence-corrected chi connectivity index (χ2v) is 6.02. The third-order valence-electron chi connectivity index (χ3n) is 3.82. The molecule has 0 saturated heterocycles. The Morgan fingerprint density at radius 1 is 1.08 bits per heavy atom. The summed E-state index contributed by atoms with van der Waals surface area (Å²) in [4.78, 5) is 12.1. The molecule has 5 heteroatoms. The van der Waals surface area contributed by atoms with Gasteiger partial charge in [0.05, 0.1) is 6.04 Å². The van der Waals surface area contributed by atoms with E-state index in [0.717, 1.165) is 17.0 Å². The van der Waals surface area contributed by atoms with Gasteiger partial charge in [-0.3, -0.25) is 4.79 Å². The number of Topliss-reactive ketones (excluding diaryl/α,β-unsaturated/α-hetero) is 1. The van der Waals surface area contributed by atoms with Gasteiger partial charge in [0, 0.05) is 11.3 Å². The molecule has 3 rings (SSSR count). The number of thiocarbonyl (C=S) groups is 1. The third-order valence-corrected chi connectivity index (χ3v) is 4.04. The van der Waals surface area contributed by atoms with Gasteiger partial charge >= 0.3 is 0 Å². The predicted molar refractivity (Wildman–Crippen MR) is 97.9 cm³/mol. The van der Waals surface area contributed by atoms with E-state index in [4.69, 9.17) is 17.0 Å². The standard InChI is InChI=1S/C19H18N2O2S/c1-12-17(13(2)22)18(21-19(24)20-12)14-7-6-10-16(11-14)23-15-8-4-3-5-9-15/h3-11,18H,1-2H3,(H2,20,21,24)/t18-/m0/s1. The molecule has 2 aromatic carbocycles. The summed E-state index contributed by atoms with van der Waals surface area (Å²) < 4.78 is 5.88. The van der Waals surface area contributed by atoms with Crippen LogP contribution in [0, 0.1) is 0 Å². The Morgan fingerprint density at radius 3 is 2.50 bits per heavy atom. The van der Waals surface area contributed by atoms with E-state index in [9.17, 15) is 4.79 Å². The van der Waals surface area contributed by atoms with Gasteiger partial charge in [0.15, 0.2) is 10.9 Å². The van der Waals surface area contributed by atoms with Crippen LogP contribution in [-0.2, 0) is 4.79 Å². The van der Waals surface area contributed by atoms with Gasteiger partial charge in [0.2, 0.25) is 0 Å². The Kier molecular flexibility index (Phi) is 4.62. The highest BCUT2D eigenvalue weighted by Gasteiger charge is 2.27. The lowest BCUT2D eigenvalue weighted by atomic mass is 9.93. The Balaban J connectivity index is 1.94. The average molecular weight is 338 g/mol. The van der Waals surface area contributed by atoms with Gasteiger partial charge in [-0.15, -0.1) is 0 Å². The maximum absolute atomic E-state index is 12.1. The number of allylic oxidation sites excluding steroid dienone is 1. The normalized spacial score (nSPS) is 17.1. The minimum absolute atomic E-state index is 0.00869. The molecule has 0 aromatic heterocycles. The first kappa shape index (κ1) is 16.2. The number of ether oxygens (including phenoxy) is 1. The van der Waals surface area contributed by atoms with Crippen LogP contribution in [0.1, 0.15) is 25.5 Å². The van der Waals surface area contributed by atoms with Crippen molar-refractivity contribution < 1.29 is 9.53 Å². The van der Waals surface area contributed by atoms with Gasteiger partial charge in [0.25, 0.3) is 0 Å². The number of carbonyl (C=O) groups excluding carboxylic acids is 1. The van der Waals surface area contributed by atoms with Crippen molar-refractivity contribution in [3.8, 4) is 11.5 Å². The first-order valence-electron chi connectivity index (χ1n) is 7.66. The number of ketones is 1. The van der Waals surface area contributed by atoms with Crippen LogP contribution in [0.4, 0.5) is 0 Å². The summed E-state index contributed by atoms with van der Waals surface area (Å²) in [5.41, 5.74) is 2.39. The largest absolute Gasteiger partial charge is 0.457 e. The Morgan fingerprint density at radius 2 is 1.79 bits per heavy atom. The Labute approximate surface area is 146 Å². The lowest BCUT2D eigenvalue weighted by molar-refractivity contribution is -0.114. The molecule has 1 atom stereocenters. The molecule has 0 bridgehead atoms. The maximum atomic E-state index is 12.1. The summed E-state index contributed by atoms with van der Waals surface area (Å²) in [5.74, 6) is 1.49. The smallest absolute Gasteiger partial charge is 0.171 e. The summed E-state index contributed by atoms with van der Waals surface area (Å²) in [6, 6.07) is 17.0. The van der Waals surface area contributed by atoms with E-state index < -0.39 is 0 Å². The molecule has 0 unspecified atom stereocenters. The predicted octanol–water partition coefficient (Wildman–Crippen LogP) is 3.86. The Hall–Kier alpha value is -2.66. The van der Waals surface area contributed by atoms with E-state index in [0.29, 0.717) is 16.4 Å². The minimum atomic E-state index is -0.282. The zero-order valence-corrected chi connectivity index (χ0v) is 14.3. The van der Waals surface area contributed by atoms with Crippen molar-refractivity contribution in [2.45, 2.75) is 19.9 Å². The number of para-hydroxylation sites is 1. The van der Waals surface area contributed by atoms with Crippen LogP contribution in [0.15, 0.2) is 65.9 Å². The van der Waals surface area contributed by atoms with Crippen LogP contribution in [0.3, 0.4) is 0 Å². The van der Waals surface area contributed by atoms with Crippen molar-refractivity contribution in [1.82, 2.24) is 10.6 Å². The van der Waals surface area contributed by atoms with Gasteiger partial charge in [-0.1, -0.05) is 30.3 Å². The maximum Gasteiger partial charge on any atom is 0.171 e. The minimum Gasteiger partial charge on any atom is -0.457 e. The van der Waals surface area contributed by atoms with Crippen molar-refractivity contribution in [1.29, 1.82) is 0 Å². The number of rotatable bonds is 4. The second kappa shape index (κ2) is 6.84. The van der Waals surface area contributed by atoms with Crippen LogP contribution in [0.5, 0.6) is 11.5 Å². The van der Waals surface area contributed by atoms with Crippen LogP contribution >= 0.6 is 12.2 Å². The summed E-state index contributed by atoms with van der Waals surface area (Å²) >= 11 is 5.24. The molecule has 1 heterocycles. The quantitative estimate of drug-likeness (QED) is 0.829. The molecule has 2 aromatic rings. The molecule has 0 spiro atoms. The summed E-state index contributed by atoms with van der Waals surface area (Å²) in [5, 5.41) is 6.70. The molecule has 1 aliphatic rings. The molecule has 0 aliphatic carbocycles. The lowest BCUT2D eigenvalue weighted by Crippen LogP contribution is -2.44. The second-order valence-electron chi connectivity index (χ2n) is 5.61. The van der Waals surface area contributed by atoms with E-state index >= 15 is 0 Å². The third kappa shape index (κ3) is 3.46. The van der Waals surface area contributed by atoms with Crippen molar-refractivity contribution >= 4 is 23.1 Å². The first-order chi connectivity index (χ1) is 11.5. The van der Waals surface area contributed by atoms with E-state index in [1.807, 2.05) is 61.5 Å². The van der Waals surface area contributed by atoms with E-state index in [2.05, 4.69) is 10.6 Å². The number of hydrogen-bond acceptors (Lipinski definition) is 3. The molecule has 0 saturated carbocycles. The van der Waals surface area contributed by atoms with Gasteiger partial charge in [-0.2, -0.15) is 0 Å². The van der Waals surface area contributed by atoms with E-state index in [1.165, 1.54) is 0 Å². The van der Waals surface area contributed by atoms with Crippen LogP contribution in [-0.4, -0.2) is 10.9 Å². The average Bonchev–Trinajstić information content (AvgIpc) is 2.55. The Bertz CT molecular complexity index is 815. The van der Waals surface area contributed by atoms with Crippen molar-refractivity contribution in [2.75, 3.05) is 0 Å². The molecule has 4 nitrogen and oxygen atoms in total. The van der Waals surface area contributed by atoms with Gasteiger partial charge in [0.1, 0.15) is 11.5 Å². The van der Waals surface area contributed by atoms with E-state index in [-0.39, 0.29) is 11.8 Å². The SMILES string of the molecule is CC(=O)C1=C(C)NC(=S)N[C@H]1c1cccc(Oc2ccccc2)c1. The van der Waals surface area contributed by atoms with Crippen LogP contribution in [0.25, 0.3) is 0 Å². The highest BCUT2D eigenvalue weighted by molar-refractivity contribution is 7.80. The highest BCUT2D eigenvalue weighted by atomic mass is 32.1. The summed E-state index contributed by atoms with van der Waals surface area (Å²) in [6.07, 6.45) is 0. The number of carbonyl (C=O) groups is 1. The molecular formula is C19H18N2O2S.